The van der Waals surface area contributed by atoms with Crippen LogP contribution in [0, 0.1) is 6.92 Å². The molecule has 5 aromatic rings. The summed E-state index contributed by atoms with van der Waals surface area (Å²) in [5.74, 6) is -0.163. The summed E-state index contributed by atoms with van der Waals surface area (Å²) in [4.78, 5) is 29.0. The van der Waals surface area contributed by atoms with E-state index >= 15 is 0 Å². The lowest BCUT2D eigenvalue weighted by Gasteiger charge is -2.19. The van der Waals surface area contributed by atoms with E-state index in [2.05, 4.69) is 15.4 Å². The highest BCUT2D eigenvalue weighted by molar-refractivity contribution is 5.94. The van der Waals surface area contributed by atoms with Gasteiger partial charge in [-0.3, -0.25) is 4.79 Å². The van der Waals surface area contributed by atoms with Gasteiger partial charge in [-0.1, -0.05) is 18.2 Å². The van der Waals surface area contributed by atoms with Crippen LogP contribution in [0.4, 0.5) is 5.69 Å². The lowest BCUT2D eigenvalue weighted by atomic mass is 10.0. The smallest absolute Gasteiger partial charge is 0.337 e. The van der Waals surface area contributed by atoms with Crippen molar-refractivity contribution in [3.63, 3.8) is 0 Å². The van der Waals surface area contributed by atoms with Crippen LogP contribution in [-0.4, -0.2) is 33.0 Å². The van der Waals surface area contributed by atoms with E-state index in [0.29, 0.717) is 33.9 Å². The molecule has 9 nitrogen and oxygen atoms in total. The van der Waals surface area contributed by atoms with Gasteiger partial charge in [0.1, 0.15) is 11.3 Å². The van der Waals surface area contributed by atoms with E-state index in [0.717, 1.165) is 16.8 Å². The molecule has 0 fully saturated rings. The maximum Gasteiger partial charge on any atom is 0.337 e. The van der Waals surface area contributed by atoms with Gasteiger partial charge in [-0.15, -0.1) is 0 Å². The van der Waals surface area contributed by atoms with Gasteiger partial charge in [0.05, 0.1) is 47.7 Å². The Bertz CT molecular complexity index is 1670. The van der Waals surface area contributed by atoms with Gasteiger partial charge in [-0.25, -0.2) is 14.5 Å². The Morgan fingerprint density at radius 1 is 1.14 bits per heavy atom. The van der Waals surface area contributed by atoms with Gasteiger partial charge in [0.25, 0.3) is 0 Å². The number of pyridine rings is 1. The molecule has 37 heavy (non-hydrogen) atoms. The third kappa shape index (κ3) is 4.66. The number of hydrogen-bond donors (Lipinski definition) is 2. The van der Waals surface area contributed by atoms with Crippen molar-refractivity contribution in [1.82, 2.24) is 14.8 Å². The Balaban J connectivity index is 1.56. The summed E-state index contributed by atoms with van der Waals surface area (Å²) in [6.07, 6.45) is 5.01. The van der Waals surface area contributed by atoms with Gasteiger partial charge in [0, 0.05) is 29.6 Å². The number of aromatic carboxylic acids is 1. The molecule has 3 aromatic heterocycles. The maximum atomic E-state index is 13.1. The molecule has 0 saturated carbocycles. The first-order valence-electron chi connectivity index (χ1n) is 11.6. The van der Waals surface area contributed by atoms with Crippen LogP contribution in [0.15, 0.2) is 82.4 Å². The SMILES string of the molecule is COc1ccc(-n2cc(-c3cc(=O)c4cc(C)cc([C@@H](C)Nc5ccccc5C(=O)O)c4o3)cn2)cn1. The Hall–Kier alpha value is -4.92. The minimum absolute atomic E-state index is 0.161. The second kappa shape index (κ2) is 9.62. The normalized spacial score (nSPS) is 11.9. The number of nitrogens with zero attached hydrogens (tertiary/aromatic N) is 3. The third-order valence-electron chi connectivity index (χ3n) is 6.06. The first-order valence-corrected chi connectivity index (χ1v) is 11.6. The molecule has 0 amide bonds. The molecular formula is C28H24N4O5. The fourth-order valence-corrected chi connectivity index (χ4v) is 4.22. The van der Waals surface area contributed by atoms with E-state index in [4.69, 9.17) is 9.15 Å². The Kier molecular flexibility index (Phi) is 6.19. The van der Waals surface area contributed by atoms with Gasteiger partial charge in [-0.05, 0) is 43.7 Å². The number of ether oxygens (including phenoxy) is 1. The number of anilines is 1. The summed E-state index contributed by atoms with van der Waals surface area (Å²) < 4.78 is 13.0. The van der Waals surface area contributed by atoms with Crippen LogP contribution in [0.1, 0.15) is 34.5 Å². The number of hydrogen-bond acceptors (Lipinski definition) is 7. The van der Waals surface area contributed by atoms with Crippen LogP contribution in [-0.2, 0) is 0 Å². The number of aryl methyl sites for hydroxylation is 1. The standard InChI is InChI=1S/C28H24N4O5/c1-16-10-21(17(2)31-23-7-5-4-6-20(23)28(34)35)27-22(11-16)24(33)12-25(37-27)18-13-30-32(15-18)19-8-9-26(36-3)29-14-19/h4-15,17,31H,1-3H3,(H,34,35)/t17-/m1/s1. The number of aromatic nitrogens is 3. The molecule has 0 aliphatic rings. The van der Waals surface area contributed by atoms with Crippen LogP contribution in [0.3, 0.4) is 0 Å². The van der Waals surface area contributed by atoms with Crippen LogP contribution >= 0.6 is 0 Å². The van der Waals surface area contributed by atoms with Gasteiger partial charge >= 0.3 is 5.97 Å². The van der Waals surface area contributed by atoms with E-state index in [1.807, 2.05) is 26.0 Å². The van der Waals surface area contributed by atoms with E-state index < -0.39 is 5.97 Å². The van der Waals surface area contributed by atoms with Crippen molar-refractivity contribution in [2.75, 3.05) is 12.4 Å². The zero-order chi connectivity index (χ0) is 26.1. The molecule has 0 saturated heterocycles. The number of methoxy groups -OCH3 is 1. The minimum Gasteiger partial charge on any atom is -0.481 e. The zero-order valence-electron chi connectivity index (χ0n) is 20.4. The number of nitrogens with one attached hydrogen (secondary N) is 1. The summed E-state index contributed by atoms with van der Waals surface area (Å²) in [7, 11) is 1.55. The monoisotopic (exact) mass is 496 g/mol. The number of carboxylic acid groups (broad SMARTS) is 1. The van der Waals surface area contributed by atoms with Crippen molar-refractivity contribution < 1.29 is 19.1 Å². The van der Waals surface area contributed by atoms with E-state index in [9.17, 15) is 14.7 Å². The predicted molar refractivity (Wildman–Crippen MR) is 140 cm³/mol. The summed E-state index contributed by atoms with van der Waals surface area (Å²) in [6, 6.07) is 15.1. The number of fused-ring (bicyclic) bond motifs is 1. The molecule has 3 heterocycles. The van der Waals surface area contributed by atoms with E-state index in [1.54, 1.807) is 66.8 Å². The lowest BCUT2D eigenvalue weighted by Crippen LogP contribution is -2.12. The number of rotatable bonds is 7. The Labute approximate surface area is 212 Å². The predicted octanol–water partition coefficient (Wildman–Crippen LogP) is 5.23. The molecule has 2 aromatic carbocycles. The molecule has 9 heteroatoms. The van der Waals surface area contributed by atoms with Gasteiger partial charge in [0.2, 0.25) is 5.88 Å². The molecule has 5 rings (SSSR count). The maximum absolute atomic E-state index is 13.1. The van der Waals surface area contributed by atoms with Crippen LogP contribution in [0.5, 0.6) is 5.88 Å². The molecule has 0 aliphatic carbocycles. The molecule has 186 valence electrons. The highest BCUT2D eigenvalue weighted by atomic mass is 16.5. The van der Waals surface area contributed by atoms with Crippen molar-refractivity contribution >= 4 is 22.6 Å². The summed E-state index contributed by atoms with van der Waals surface area (Å²) in [5.41, 5.74) is 3.86. The quantitative estimate of drug-likeness (QED) is 0.314. The summed E-state index contributed by atoms with van der Waals surface area (Å²) in [6.45, 7) is 3.80. The fourth-order valence-electron chi connectivity index (χ4n) is 4.22. The molecule has 0 aliphatic heterocycles. The van der Waals surface area contributed by atoms with Crippen LogP contribution < -0.4 is 15.5 Å². The fraction of sp³-hybridized carbons (Fsp3) is 0.143. The molecule has 2 N–H and O–H groups in total. The molecule has 0 bridgehead atoms. The topological polar surface area (TPSA) is 119 Å². The molecule has 0 unspecified atom stereocenters. The van der Waals surface area contributed by atoms with Crippen molar-refractivity contribution in [2.45, 2.75) is 19.9 Å². The second-order valence-corrected chi connectivity index (χ2v) is 8.65. The number of para-hydroxylation sites is 1. The largest absolute Gasteiger partial charge is 0.481 e. The van der Waals surface area contributed by atoms with Gasteiger partial charge < -0.3 is 19.6 Å². The number of benzene rings is 2. The average molecular weight is 497 g/mol. The van der Waals surface area contributed by atoms with Crippen molar-refractivity contribution in [1.29, 1.82) is 0 Å². The van der Waals surface area contributed by atoms with Gasteiger partial charge in [-0.2, -0.15) is 5.10 Å². The Morgan fingerprint density at radius 3 is 2.68 bits per heavy atom. The molecule has 0 radical (unpaired) electrons. The number of carboxylic acids is 1. The van der Waals surface area contributed by atoms with E-state index in [-0.39, 0.29) is 17.0 Å². The van der Waals surface area contributed by atoms with Crippen molar-refractivity contribution in [3.8, 4) is 22.9 Å². The average Bonchev–Trinajstić information content (AvgIpc) is 3.39. The second-order valence-electron chi connectivity index (χ2n) is 8.65. The Morgan fingerprint density at radius 2 is 1.95 bits per heavy atom. The van der Waals surface area contributed by atoms with Gasteiger partial charge in [0.15, 0.2) is 5.43 Å². The highest BCUT2D eigenvalue weighted by Gasteiger charge is 2.19. The van der Waals surface area contributed by atoms with E-state index in [1.165, 1.54) is 6.07 Å². The first kappa shape index (κ1) is 23.8. The van der Waals surface area contributed by atoms with Crippen molar-refractivity contribution in [2.24, 2.45) is 0 Å². The minimum atomic E-state index is -1.03. The zero-order valence-corrected chi connectivity index (χ0v) is 20.4. The third-order valence-corrected chi connectivity index (χ3v) is 6.06. The summed E-state index contributed by atoms with van der Waals surface area (Å²) in [5, 5.41) is 17.7. The van der Waals surface area contributed by atoms with Crippen LogP contribution in [0.25, 0.3) is 28.0 Å². The van der Waals surface area contributed by atoms with Crippen LogP contribution in [0.2, 0.25) is 0 Å². The first-order chi connectivity index (χ1) is 17.8. The highest BCUT2D eigenvalue weighted by Crippen LogP contribution is 2.31. The lowest BCUT2D eigenvalue weighted by molar-refractivity contribution is 0.0698. The van der Waals surface area contributed by atoms with Crippen molar-refractivity contribution in [3.05, 3.63) is 100 Å². The summed E-state index contributed by atoms with van der Waals surface area (Å²) >= 11 is 0. The molecular weight excluding hydrogens is 472 g/mol. The molecule has 0 spiro atoms. The number of carbonyl (C=O) groups is 1. The molecule has 1 atom stereocenters.